The quantitative estimate of drug-likeness (QED) is 0.658. The lowest BCUT2D eigenvalue weighted by atomic mass is 9.97. The van der Waals surface area contributed by atoms with Crippen LogP contribution in [0.25, 0.3) is 0 Å². The van der Waals surface area contributed by atoms with E-state index in [0.717, 1.165) is 12.8 Å². The molecule has 1 heterocycles. The SMILES string of the molecule is COCCCNc1cc(C#N)ccc1NC(=O)[C@@H]1CCCN(C(=O)OC(C)(C)C)C1. The molecule has 1 fully saturated rings. The van der Waals surface area contributed by atoms with Crippen molar-refractivity contribution in [1.82, 2.24) is 4.90 Å². The van der Waals surface area contributed by atoms with Crippen molar-refractivity contribution in [3.63, 3.8) is 0 Å². The van der Waals surface area contributed by atoms with E-state index >= 15 is 0 Å². The number of carbonyl (C=O) groups is 2. The van der Waals surface area contributed by atoms with Crippen LogP contribution in [0.4, 0.5) is 16.2 Å². The second-order valence-electron chi connectivity index (χ2n) is 8.40. The van der Waals surface area contributed by atoms with Crippen LogP contribution in [0.15, 0.2) is 18.2 Å². The van der Waals surface area contributed by atoms with E-state index in [4.69, 9.17) is 9.47 Å². The molecule has 1 aliphatic heterocycles. The first-order valence-corrected chi connectivity index (χ1v) is 10.3. The smallest absolute Gasteiger partial charge is 0.410 e. The van der Waals surface area contributed by atoms with Crippen LogP contribution in [-0.2, 0) is 14.3 Å². The molecule has 1 aromatic rings. The molecule has 1 atom stereocenters. The Morgan fingerprint density at radius 1 is 1.30 bits per heavy atom. The monoisotopic (exact) mass is 416 g/mol. The number of nitrogens with zero attached hydrogens (tertiary/aromatic N) is 2. The van der Waals surface area contributed by atoms with Crippen molar-refractivity contribution < 1.29 is 19.1 Å². The number of rotatable bonds is 7. The Hall–Kier alpha value is -2.79. The van der Waals surface area contributed by atoms with Crippen molar-refractivity contribution in [2.75, 3.05) is 44.0 Å². The van der Waals surface area contributed by atoms with Gasteiger partial charge in [0.05, 0.1) is 28.9 Å². The summed E-state index contributed by atoms with van der Waals surface area (Å²) in [6.07, 6.45) is 1.86. The maximum absolute atomic E-state index is 12.9. The topological polar surface area (TPSA) is 104 Å². The number of nitriles is 1. The summed E-state index contributed by atoms with van der Waals surface area (Å²) in [5.41, 5.74) is 1.25. The van der Waals surface area contributed by atoms with Crippen LogP contribution < -0.4 is 10.6 Å². The predicted molar refractivity (Wildman–Crippen MR) is 115 cm³/mol. The van der Waals surface area contributed by atoms with Crippen molar-refractivity contribution in [1.29, 1.82) is 5.26 Å². The summed E-state index contributed by atoms with van der Waals surface area (Å²) in [6.45, 7) is 7.66. The molecule has 0 bridgehead atoms. The van der Waals surface area contributed by atoms with Crippen LogP contribution in [0.3, 0.4) is 0 Å². The zero-order valence-electron chi connectivity index (χ0n) is 18.3. The zero-order valence-corrected chi connectivity index (χ0v) is 18.3. The predicted octanol–water partition coefficient (Wildman–Crippen LogP) is 3.59. The van der Waals surface area contributed by atoms with E-state index in [-0.39, 0.29) is 17.9 Å². The summed E-state index contributed by atoms with van der Waals surface area (Å²) < 4.78 is 10.5. The van der Waals surface area contributed by atoms with E-state index in [9.17, 15) is 14.9 Å². The Kier molecular flexibility index (Phi) is 8.48. The largest absolute Gasteiger partial charge is 0.444 e. The summed E-state index contributed by atoms with van der Waals surface area (Å²) in [6, 6.07) is 7.23. The third-order valence-corrected chi connectivity index (χ3v) is 4.69. The number of hydrogen-bond acceptors (Lipinski definition) is 6. The molecule has 164 valence electrons. The fourth-order valence-electron chi connectivity index (χ4n) is 3.23. The number of piperidine rings is 1. The Bertz CT molecular complexity index is 782. The van der Waals surface area contributed by atoms with Crippen molar-refractivity contribution in [3.8, 4) is 6.07 Å². The van der Waals surface area contributed by atoms with Gasteiger partial charge < -0.3 is 25.0 Å². The van der Waals surface area contributed by atoms with E-state index < -0.39 is 5.60 Å². The molecule has 0 spiro atoms. The molecule has 0 aliphatic carbocycles. The first kappa shape index (κ1) is 23.5. The number of benzene rings is 1. The number of nitrogens with one attached hydrogen (secondary N) is 2. The number of methoxy groups -OCH3 is 1. The fraction of sp³-hybridized carbons (Fsp3) is 0.591. The van der Waals surface area contributed by atoms with Gasteiger partial charge in [0, 0.05) is 33.4 Å². The van der Waals surface area contributed by atoms with E-state index in [2.05, 4.69) is 16.7 Å². The molecule has 8 heteroatoms. The van der Waals surface area contributed by atoms with Gasteiger partial charge in [-0.25, -0.2) is 4.79 Å². The average molecular weight is 417 g/mol. The first-order valence-electron chi connectivity index (χ1n) is 10.3. The van der Waals surface area contributed by atoms with Crippen LogP contribution in [-0.4, -0.2) is 55.9 Å². The highest BCUT2D eigenvalue weighted by Crippen LogP contribution is 2.26. The number of likely N-dealkylation sites (tertiary alicyclic amines) is 1. The van der Waals surface area contributed by atoms with Gasteiger partial charge in [-0.1, -0.05) is 0 Å². The number of amides is 2. The second kappa shape index (κ2) is 10.8. The van der Waals surface area contributed by atoms with Crippen LogP contribution in [0, 0.1) is 17.2 Å². The molecule has 2 amide bonds. The Labute approximate surface area is 178 Å². The van der Waals surface area contributed by atoms with Crippen molar-refractivity contribution in [2.45, 2.75) is 45.6 Å². The summed E-state index contributed by atoms with van der Waals surface area (Å²) in [5.74, 6) is -0.462. The van der Waals surface area contributed by atoms with E-state index in [1.807, 2.05) is 20.8 Å². The Balaban J connectivity index is 2.03. The van der Waals surface area contributed by atoms with Gasteiger partial charge in [0.25, 0.3) is 0 Å². The van der Waals surface area contributed by atoms with Gasteiger partial charge in [-0.05, 0) is 58.2 Å². The van der Waals surface area contributed by atoms with Crippen LogP contribution in [0.5, 0.6) is 0 Å². The zero-order chi connectivity index (χ0) is 22.1. The van der Waals surface area contributed by atoms with E-state index in [1.165, 1.54) is 0 Å². The second-order valence-corrected chi connectivity index (χ2v) is 8.40. The number of hydrogen-bond donors (Lipinski definition) is 2. The summed E-state index contributed by atoms with van der Waals surface area (Å²) in [7, 11) is 1.65. The lowest BCUT2D eigenvalue weighted by molar-refractivity contribution is -0.121. The van der Waals surface area contributed by atoms with Gasteiger partial charge in [-0.2, -0.15) is 5.26 Å². The highest BCUT2D eigenvalue weighted by atomic mass is 16.6. The first-order chi connectivity index (χ1) is 14.2. The van der Waals surface area contributed by atoms with Gasteiger partial charge in [0.15, 0.2) is 0 Å². The minimum Gasteiger partial charge on any atom is -0.444 e. The fourth-order valence-corrected chi connectivity index (χ4v) is 3.23. The molecular formula is C22H32N4O4. The molecular weight excluding hydrogens is 384 g/mol. The molecule has 0 saturated carbocycles. The number of ether oxygens (including phenoxy) is 2. The molecule has 0 unspecified atom stereocenters. The third-order valence-electron chi connectivity index (χ3n) is 4.69. The highest BCUT2D eigenvalue weighted by Gasteiger charge is 2.31. The molecule has 1 saturated heterocycles. The molecule has 0 aromatic heterocycles. The molecule has 1 aromatic carbocycles. The number of anilines is 2. The maximum Gasteiger partial charge on any atom is 0.410 e. The normalized spacial score (nSPS) is 16.5. The Morgan fingerprint density at radius 3 is 2.73 bits per heavy atom. The van der Waals surface area contributed by atoms with Crippen molar-refractivity contribution in [3.05, 3.63) is 23.8 Å². The van der Waals surface area contributed by atoms with Crippen LogP contribution >= 0.6 is 0 Å². The average Bonchev–Trinajstić information content (AvgIpc) is 2.71. The van der Waals surface area contributed by atoms with Gasteiger partial charge in [0.2, 0.25) is 5.91 Å². The lowest BCUT2D eigenvalue weighted by Crippen LogP contribution is -2.45. The van der Waals surface area contributed by atoms with Crippen LogP contribution in [0.2, 0.25) is 0 Å². The van der Waals surface area contributed by atoms with Crippen LogP contribution in [0.1, 0.15) is 45.6 Å². The summed E-state index contributed by atoms with van der Waals surface area (Å²) >= 11 is 0. The standard InChI is InChI=1S/C22H32N4O4/c1-22(2,3)30-21(28)26-11-5-7-17(15-26)20(27)25-18-9-8-16(14-23)13-19(18)24-10-6-12-29-4/h8-9,13,17,24H,5-7,10-12,15H2,1-4H3,(H,25,27)/t17-/m1/s1. The van der Waals surface area contributed by atoms with Gasteiger partial charge in [-0.15, -0.1) is 0 Å². The summed E-state index contributed by atoms with van der Waals surface area (Å²) in [5, 5.41) is 15.4. The Morgan fingerprint density at radius 2 is 2.07 bits per heavy atom. The third kappa shape index (κ3) is 7.23. The van der Waals surface area contributed by atoms with E-state index in [0.29, 0.717) is 49.6 Å². The van der Waals surface area contributed by atoms with E-state index in [1.54, 1.807) is 30.2 Å². The molecule has 0 radical (unpaired) electrons. The molecule has 2 rings (SSSR count). The minimum absolute atomic E-state index is 0.145. The van der Waals surface area contributed by atoms with Crippen molar-refractivity contribution in [2.24, 2.45) is 5.92 Å². The molecule has 2 N–H and O–H groups in total. The van der Waals surface area contributed by atoms with Gasteiger partial charge in [0.1, 0.15) is 5.60 Å². The van der Waals surface area contributed by atoms with Gasteiger partial charge >= 0.3 is 6.09 Å². The van der Waals surface area contributed by atoms with Crippen molar-refractivity contribution >= 4 is 23.4 Å². The highest BCUT2D eigenvalue weighted by molar-refractivity contribution is 5.96. The van der Waals surface area contributed by atoms with Gasteiger partial charge in [-0.3, -0.25) is 4.79 Å². The lowest BCUT2D eigenvalue weighted by Gasteiger charge is -2.33. The molecule has 1 aliphatic rings. The number of carbonyl (C=O) groups excluding carboxylic acids is 2. The molecule has 8 nitrogen and oxygen atoms in total. The maximum atomic E-state index is 12.9. The minimum atomic E-state index is -0.571. The summed E-state index contributed by atoms with van der Waals surface area (Å²) in [4.78, 5) is 26.9. The molecule has 30 heavy (non-hydrogen) atoms.